The maximum absolute atomic E-state index is 14.3. The van der Waals surface area contributed by atoms with Crippen LogP contribution in [-0.2, 0) is 26.2 Å². The van der Waals surface area contributed by atoms with Crippen molar-refractivity contribution in [2.24, 2.45) is 0 Å². The predicted octanol–water partition coefficient (Wildman–Crippen LogP) is 4.93. The van der Waals surface area contributed by atoms with Crippen LogP contribution in [0.5, 0.6) is 11.5 Å². The molecule has 0 aliphatic rings. The van der Waals surface area contributed by atoms with Crippen LogP contribution in [-0.4, -0.2) is 58.0 Å². The summed E-state index contributed by atoms with van der Waals surface area (Å²) < 4.78 is 40.1. The van der Waals surface area contributed by atoms with Crippen molar-refractivity contribution in [2.45, 2.75) is 64.1 Å². The molecule has 0 saturated carbocycles. The van der Waals surface area contributed by atoms with Gasteiger partial charge in [-0.15, -0.1) is 0 Å². The number of ether oxygens (including phenoxy) is 2. The van der Waals surface area contributed by atoms with Gasteiger partial charge in [-0.3, -0.25) is 13.9 Å². The molecule has 0 aliphatic carbocycles. The molecular weight excluding hydrogens is 554 g/mol. The standard InChI is InChI=1S/C32H41N3O6S/c1-7-24(4)33-32(37)28(8-2)34(21-25-13-12-14-26(20-25)40-5)31(36)22-35(29-19-23(3)17-18-30(29)41-6)42(38,39)27-15-10-9-11-16-27/h9-20,24,28H,7-8,21-22H2,1-6H3,(H,33,37)/t24-,28-/m0/s1. The normalized spacial score (nSPS) is 12.6. The van der Waals surface area contributed by atoms with E-state index >= 15 is 0 Å². The van der Waals surface area contributed by atoms with Crippen molar-refractivity contribution in [1.29, 1.82) is 0 Å². The van der Waals surface area contributed by atoms with Crippen LogP contribution in [0.15, 0.2) is 77.7 Å². The third-order valence-electron chi connectivity index (χ3n) is 7.09. The Morgan fingerprint density at radius 3 is 2.24 bits per heavy atom. The average molecular weight is 596 g/mol. The summed E-state index contributed by atoms with van der Waals surface area (Å²) in [5.41, 5.74) is 1.76. The number of anilines is 1. The smallest absolute Gasteiger partial charge is 0.264 e. The van der Waals surface area contributed by atoms with Crippen molar-refractivity contribution in [1.82, 2.24) is 10.2 Å². The lowest BCUT2D eigenvalue weighted by Crippen LogP contribution is -2.53. The molecule has 0 aliphatic heterocycles. The van der Waals surface area contributed by atoms with Crippen molar-refractivity contribution >= 4 is 27.5 Å². The first kappa shape index (κ1) is 32.5. The number of amides is 2. The Kier molecular flexibility index (Phi) is 11.4. The number of aryl methyl sites for hydroxylation is 1. The fourth-order valence-corrected chi connectivity index (χ4v) is 5.99. The molecule has 0 fully saturated rings. The highest BCUT2D eigenvalue weighted by Crippen LogP contribution is 2.34. The molecule has 226 valence electrons. The molecule has 3 aromatic rings. The number of methoxy groups -OCH3 is 2. The Balaban J connectivity index is 2.12. The van der Waals surface area contributed by atoms with Gasteiger partial charge in [0.1, 0.15) is 24.1 Å². The lowest BCUT2D eigenvalue weighted by molar-refractivity contribution is -0.140. The number of hydrogen-bond acceptors (Lipinski definition) is 6. The van der Waals surface area contributed by atoms with E-state index < -0.39 is 28.5 Å². The molecule has 0 aromatic heterocycles. The molecule has 2 atom stereocenters. The molecule has 2 amide bonds. The van der Waals surface area contributed by atoms with E-state index in [2.05, 4.69) is 5.32 Å². The summed E-state index contributed by atoms with van der Waals surface area (Å²) >= 11 is 0. The predicted molar refractivity (Wildman–Crippen MR) is 164 cm³/mol. The fourth-order valence-electron chi connectivity index (χ4n) is 4.56. The van der Waals surface area contributed by atoms with Gasteiger partial charge in [-0.2, -0.15) is 0 Å². The van der Waals surface area contributed by atoms with Crippen LogP contribution in [0.2, 0.25) is 0 Å². The quantitative estimate of drug-likeness (QED) is 0.283. The van der Waals surface area contributed by atoms with Gasteiger partial charge < -0.3 is 19.7 Å². The Bertz CT molecular complexity index is 1460. The molecule has 1 N–H and O–H groups in total. The molecule has 0 unspecified atom stereocenters. The zero-order chi connectivity index (χ0) is 30.9. The molecule has 0 bridgehead atoms. The number of carbonyl (C=O) groups is 2. The first-order valence-electron chi connectivity index (χ1n) is 14.0. The van der Waals surface area contributed by atoms with Crippen LogP contribution >= 0.6 is 0 Å². The van der Waals surface area contributed by atoms with Gasteiger partial charge in [0, 0.05) is 12.6 Å². The number of hydrogen-bond donors (Lipinski definition) is 1. The SMILES string of the molecule is CC[C@H](C)NC(=O)[C@H](CC)N(Cc1cccc(OC)c1)C(=O)CN(c1cc(C)ccc1OC)S(=O)(=O)c1ccccc1. The monoisotopic (exact) mass is 595 g/mol. The van der Waals surface area contributed by atoms with Crippen molar-refractivity contribution in [3.8, 4) is 11.5 Å². The van der Waals surface area contributed by atoms with Crippen LogP contribution in [0.25, 0.3) is 0 Å². The summed E-state index contributed by atoms with van der Waals surface area (Å²) in [4.78, 5) is 29.2. The molecule has 42 heavy (non-hydrogen) atoms. The van der Waals surface area contributed by atoms with E-state index in [-0.39, 0.29) is 29.1 Å². The first-order valence-corrected chi connectivity index (χ1v) is 15.4. The number of carbonyl (C=O) groups excluding carboxylic acids is 2. The summed E-state index contributed by atoms with van der Waals surface area (Å²) in [5.74, 6) is 0.0734. The van der Waals surface area contributed by atoms with E-state index in [1.165, 1.54) is 24.1 Å². The van der Waals surface area contributed by atoms with Crippen molar-refractivity contribution in [3.63, 3.8) is 0 Å². The molecule has 0 radical (unpaired) electrons. The van der Waals surface area contributed by atoms with Gasteiger partial charge in [0.15, 0.2) is 0 Å². The van der Waals surface area contributed by atoms with Gasteiger partial charge in [0.25, 0.3) is 10.0 Å². The summed E-state index contributed by atoms with van der Waals surface area (Å²) in [7, 11) is -1.20. The van der Waals surface area contributed by atoms with Crippen LogP contribution < -0.4 is 19.1 Å². The molecule has 0 saturated heterocycles. The van der Waals surface area contributed by atoms with E-state index in [1.54, 1.807) is 61.7 Å². The topological polar surface area (TPSA) is 105 Å². The van der Waals surface area contributed by atoms with Crippen LogP contribution in [0.1, 0.15) is 44.7 Å². The van der Waals surface area contributed by atoms with Crippen molar-refractivity contribution in [2.75, 3.05) is 25.1 Å². The Labute approximate surface area is 249 Å². The zero-order valence-electron chi connectivity index (χ0n) is 25.2. The highest BCUT2D eigenvalue weighted by molar-refractivity contribution is 7.92. The summed E-state index contributed by atoms with van der Waals surface area (Å²) in [6.07, 6.45) is 1.05. The third-order valence-corrected chi connectivity index (χ3v) is 8.86. The van der Waals surface area contributed by atoms with Gasteiger partial charge in [0.2, 0.25) is 11.8 Å². The number of benzene rings is 3. The van der Waals surface area contributed by atoms with E-state index in [1.807, 2.05) is 33.8 Å². The largest absolute Gasteiger partial charge is 0.497 e. The van der Waals surface area contributed by atoms with E-state index in [9.17, 15) is 18.0 Å². The Morgan fingerprint density at radius 2 is 1.62 bits per heavy atom. The number of rotatable bonds is 14. The molecule has 9 nitrogen and oxygen atoms in total. The van der Waals surface area contributed by atoms with Crippen LogP contribution in [0.3, 0.4) is 0 Å². The maximum atomic E-state index is 14.3. The number of nitrogens with one attached hydrogen (secondary N) is 1. The molecule has 3 aromatic carbocycles. The second kappa shape index (κ2) is 14.7. The Hall–Kier alpha value is -4.05. The lowest BCUT2D eigenvalue weighted by atomic mass is 10.1. The average Bonchev–Trinajstić information content (AvgIpc) is 2.99. The van der Waals surface area contributed by atoms with Crippen LogP contribution in [0, 0.1) is 6.92 Å². The maximum Gasteiger partial charge on any atom is 0.264 e. The molecular formula is C32H41N3O6S. The van der Waals surface area contributed by atoms with Gasteiger partial charge in [-0.25, -0.2) is 8.42 Å². The minimum atomic E-state index is -4.21. The van der Waals surface area contributed by atoms with E-state index in [0.29, 0.717) is 17.9 Å². The van der Waals surface area contributed by atoms with Gasteiger partial charge >= 0.3 is 0 Å². The van der Waals surface area contributed by atoms with Crippen molar-refractivity contribution < 1.29 is 27.5 Å². The van der Waals surface area contributed by atoms with E-state index in [4.69, 9.17) is 9.47 Å². The highest BCUT2D eigenvalue weighted by atomic mass is 32.2. The summed E-state index contributed by atoms with van der Waals surface area (Å²) in [5, 5.41) is 2.98. The van der Waals surface area contributed by atoms with Gasteiger partial charge in [-0.05, 0) is 74.2 Å². The zero-order valence-corrected chi connectivity index (χ0v) is 26.0. The number of sulfonamides is 1. The molecule has 10 heteroatoms. The highest BCUT2D eigenvalue weighted by Gasteiger charge is 2.35. The Morgan fingerprint density at radius 1 is 0.905 bits per heavy atom. The van der Waals surface area contributed by atoms with Gasteiger partial charge in [-0.1, -0.05) is 50.2 Å². The number of nitrogens with zero attached hydrogens (tertiary/aromatic N) is 2. The van der Waals surface area contributed by atoms with E-state index in [0.717, 1.165) is 21.9 Å². The minimum absolute atomic E-state index is 0.0299. The molecule has 0 spiro atoms. The minimum Gasteiger partial charge on any atom is -0.497 e. The van der Waals surface area contributed by atoms with Crippen LogP contribution in [0.4, 0.5) is 5.69 Å². The second-order valence-corrected chi connectivity index (χ2v) is 12.0. The summed E-state index contributed by atoms with van der Waals surface area (Å²) in [6, 6.07) is 19.4. The van der Waals surface area contributed by atoms with Gasteiger partial charge in [0.05, 0.1) is 24.8 Å². The summed E-state index contributed by atoms with van der Waals surface area (Å²) in [6.45, 7) is 7.05. The first-order chi connectivity index (χ1) is 20.0. The molecule has 3 rings (SSSR count). The fraction of sp³-hybridized carbons (Fsp3) is 0.375. The van der Waals surface area contributed by atoms with Crippen molar-refractivity contribution in [3.05, 3.63) is 83.9 Å². The molecule has 0 heterocycles. The third kappa shape index (κ3) is 7.82. The second-order valence-electron chi connectivity index (χ2n) is 10.1. The lowest BCUT2D eigenvalue weighted by Gasteiger charge is -2.34.